The minimum absolute atomic E-state index is 0.0573. The molecule has 1 aliphatic heterocycles. The Hall–Kier alpha value is -3.39. The zero-order valence-electron chi connectivity index (χ0n) is 18.0. The van der Waals surface area contributed by atoms with E-state index in [4.69, 9.17) is 16.3 Å². The maximum Gasteiger partial charge on any atom is 0.275 e. The van der Waals surface area contributed by atoms with Crippen LogP contribution in [0.1, 0.15) is 34.5 Å². The van der Waals surface area contributed by atoms with Crippen molar-refractivity contribution < 1.29 is 18.7 Å². The molecule has 5 rings (SSSR count). The van der Waals surface area contributed by atoms with Crippen LogP contribution in [0.15, 0.2) is 42.5 Å². The van der Waals surface area contributed by atoms with Crippen molar-refractivity contribution in [3.63, 3.8) is 0 Å². The van der Waals surface area contributed by atoms with Gasteiger partial charge in [-0.3, -0.25) is 14.3 Å². The van der Waals surface area contributed by atoms with Crippen LogP contribution >= 0.6 is 11.6 Å². The SMILES string of the molecule is Cn1nc(C(=O)N(CC(=O)NC2CC2)Cc2ccccc2F)c2c1-c1cc(Cl)ccc1OC2. The van der Waals surface area contributed by atoms with E-state index in [2.05, 4.69) is 10.4 Å². The van der Waals surface area contributed by atoms with Crippen molar-refractivity contribution in [3.05, 3.63) is 70.1 Å². The largest absolute Gasteiger partial charge is 0.488 e. The molecule has 0 radical (unpaired) electrons. The Balaban J connectivity index is 1.49. The summed E-state index contributed by atoms with van der Waals surface area (Å²) in [5, 5.41) is 7.89. The third-order valence-electron chi connectivity index (χ3n) is 5.80. The summed E-state index contributed by atoms with van der Waals surface area (Å²) in [4.78, 5) is 27.5. The number of carbonyl (C=O) groups excluding carboxylic acids is 2. The van der Waals surface area contributed by atoms with Crippen molar-refractivity contribution in [2.24, 2.45) is 7.05 Å². The molecule has 2 amide bonds. The van der Waals surface area contributed by atoms with Crippen LogP contribution in [0.25, 0.3) is 11.3 Å². The van der Waals surface area contributed by atoms with Crippen molar-refractivity contribution in [2.45, 2.75) is 32.0 Å². The number of fused-ring (bicyclic) bond motifs is 3. The highest BCUT2D eigenvalue weighted by Gasteiger charge is 2.32. The van der Waals surface area contributed by atoms with Crippen LogP contribution in [0.5, 0.6) is 5.75 Å². The highest BCUT2D eigenvalue weighted by Crippen LogP contribution is 2.40. The lowest BCUT2D eigenvalue weighted by Gasteiger charge is -2.23. The minimum Gasteiger partial charge on any atom is -0.488 e. The number of aryl methyl sites for hydroxylation is 1. The second-order valence-corrected chi connectivity index (χ2v) is 8.76. The zero-order valence-corrected chi connectivity index (χ0v) is 18.7. The summed E-state index contributed by atoms with van der Waals surface area (Å²) in [7, 11) is 1.74. The summed E-state index contributed by atoms with van der Waals surface area (Å²) in [6.45, 7) is -0.100. The number of hydrogen-bond acceptors (Lipinski definition) is 4. The molecule has 9 heteroatoms. The van der Waals surface area contributed by atoms with Gasteiger partial charge < -0.3 is 15.0 Å². The lowest BCUT2D eigenvalue weighted by molar-refractivity contribution is -0.122. The van der Waals surface area contributed by atoms with Gasteiger partial charge in [-0.25, -0.2) is 4.39 Å². The monoisotopic (exact) mass is 468 g/mol. The van der Waals surface area contributed by atoms with E-state index >= 15 is 0 Å². The Bertz CT molecular complexity index is 1250. The number of nitrogens with one attached hydrogen (secondary N) is 1. The summed E-state index contributed by atoms with van der Waals surface area (Å²) in [6.07, 6.45) is 1.86. The number of amides is 2. The first-order chi connectivity index (χ1) is 15.9. The van der Waals surface area contributed by atoms with E-state index in [9.17, 15) is 14.0 Å². The highest BCUT2D eigenvalue weighted by atomic mass is 35.5. The Labute approximate surface area is 195 Å². The third-order valence-corrected chi connectivity index (χ3v) is 6.03. The van der Waals surface area contributed by atoms with Gasteiger partial charge >= 0.3 is 0 Å². The molecular weight excluding hydrogens is 447 g/mol. The zero-order chi connectivity index (χ0) is 23.1. The standard InChI is InChI=1S/C24H22ClFN4O3/c1-29-23-17-10-15(25)6-9-20(17)33-13-18(23)22(28-29)24(32)30(12-21(31)27-16-7-8-16)11-14-4-2-3-5-19(14)26/h2-6,9-10,16H,7-8,11-13H2,1H3,(H,27,31). The molecule has 3 aromatic rings. The first kappa shape index (κ1) is 21.5. The Morgan fingerprint density at radius 2 is 2.06 bits per heavy atom. The molecule has 170 valence electrons. The Kier molecular flexibility index (Phi) is 5.54. The topological polar surface area (TPSA) is 76.5 Å². The molecule has 1 N–H and O–H groups in total. The Morgan fingerprint density at radius 3 is 2.82 bits per heavy atom. The van der Waals surface area contributed by atoms with Gasteiger partial charge in [0.25, 0.3) is 5.91 Å². The number of rotatable bonds is 6. The molecule has 1 aromatic heterocycles. The summed E-state index contributed by atoms with van der Waals surface area (Å²) in [6, 6.07) is 11.7. The fourth-order valence-electron chi connectivity index (χ4n) is 4.03. The van der Waals surface area contributed by atoms with Crippen LogP contribution < -0.4 is 10.1 Å². The van der Waals surface area contributed by atoms with Gasteiger partial charge in [0.1, 0.15) is 24.7 Å². The van der Waals surface area contributed by atoms with Crippen molar-refractivity contribution in [2.75, 3.05) is 6.54 Å². The average molecular weight is 469 g/mol. The predicted molar refractivity (Wildman–Crippen MR) is 120 cm³/mol. The fraction of sp³-hybridized carbons (Fsp3) is 0.292. The van der Waals surface area contributed by atoms with Gasteiger partial charge in [-0.05, 0) is 37.1 Å². The average Bonchev–Trinajstić information content (AvgIpc) is 3.54. The molecule has 1 fully saturated rings. The minimum atomic E-state index is -0.463. The van der Waals surface area contributed by atoms with Crippen LogP contribution in [0, 0.1) is 5.82 Å². The van der Waals surface area contributed by atoms with Gasteiger partial charge in [-0.2, -0.15) is 5.10 Å². The molecule has 0 atom stereocenters. The number of ether oxygens (including phenoxy) is 1. The molecule has 1 aliphatic carbocycles. The van der Waals surface area contributed by atoms with E-state index in [1.165, 1.54) is 11.0 Å². The third kappa shape index (κ3) is 4.30. The summed E-state index contributed by atoms with van der Waals surface area (Å²) in [5.41, 5.74) is 2.58. The normalized spacial score (nSPS) is 14.2. The smallest absolute Gasteiger partial charge is 0.275 e. The molecule has 1 saturated carbocycles. The van der Waals surface area contributed by atoms with Crippen molar-refractivity contribution in [3.8, 4) is 17.0 Å². The molecular formula is C24H22ClFN4O3. The summed E-state index contributed by atoms with van der Waals surface area (Å²) in [5.74, 6) is -0.524. The summed E-state index contributed by atoms with van der Waals surface area (Å²) >= 11 is 6.18. The second kappa shape index (κ2) is 8.51. The van der Waals surface area contributed by atoms with E-state index in [1.54, 1.807) is 48.1 Å². The summed E-state index contributed by atoms with van der Waals surface area (Å²) < 4.78 is 21.8. The second-order valence-electron chi connectivity index (χ2n) is 8.32. The molecule has 7 nitrogen and oxygen atoms in total. The van der Waals surface area contributed by atoms with Crippen molar-refractivity contribution in [1.29, 1.82) is 0 Å². The molecule has 33 heavy (non-hydrogen) atoms. The maximum atomic E-state index is 14.4. The molecule has 2 heterocycles. The van der Waals surface area contributed by atoms with Crippen LogP contribution in [0.3, 0.4) is 0 Å². The lowest BCUT2D eigenvalue weighted by Crippen LogP contribution is -2.41. The molecule has 2 aliphatic rings. The van der Waals surface area contributed by atoms with E-state index in [0.717, 1.165) is 24.1 Å². The van der Waals surface area contributed by atoms with Gasteiger partial charge in [0.05, 0.1) is 5.69 Å². The number of benzene rings is 2. The van der Waals surface area contributed by atoms with Crippen molar-refractivity contribution >= 4 is 23.4 Å². The lowest BCUT2D eigenvalue weighted by atomic mass is 10.0. The highest BCUT2D eigenvalue weighted by molar-refractivity contribution is 6.31. The van der Waals surface area contributed by atoms with Gasteiger partial charge in [0.2, 0.25) is 5.91 Å². The number of halogens is 2. The van der Waals surface area contributed by atoms with Crippen LogP contribution in [0.4, 0.5) is 4.39 Å². The van der Waals surface area contributed by atoms with Crippen LogP contribution in [-0.4, -0.2) is 39.1 Å². The molecule has 0 bridgehead atoms. The molecule has 0 spiro atoms. The first-order valence-electron chi connectivity index (χ1n) is 10.7. The van der Waals surface area contributed by atoms with E-state index in [0.29, 0.717) is 21.9 Å². The van der Waals surface area contributed by atoms with Gasteiger partial charge in [-0.1, -0.05) is 29.8 Å². The van der Waals surface area contributed by atoms with Crippen LogP contribution in [0.2, 0.25) is 5.02 Å². The van der Waals surface area contributed by atoms with E-state index < -0.39 is 11.7 Å². The molecule has 2 aromatic carbocycles. The first-order valence-corrected chi connectivity index (χ1v) is 11.1. The molecule has 0 saturated heterocycles. The number of hydrogen-bond donors (Lipinski definition) is 1. The van der Waals surface area contributed by atoms with Crippen molar-refractivity contribution in [1.82, 2.24) is 20.0 Å². The van der Waals surface area contributed by atoms with Gasteiger partial charge in [-0.15, -0.1) is 0 Å². The van der Waals surface area contributed by atoms with Gasteiger partial charge in [0.15, 0.2) is 5.69 Å². The van der Waals surface area contributed by atoms with Gasteiger partial charge in [0, 0.05) is 41.3 Å². The quantitative estimate of drug-likeness (QED) is 0.598. The molecule has 0 unspecified atom stereocenters. The maximum absolute atomic E-state index is 14.4. The van der Waals surface area contributed by atoms with Crippen LogP contribution in [-0.2, 0) is 25.0 Å². The van der Waals surface area contributed by atoms with E-state index in [-0.39, 0.29) is 37.3 Å². The fourth-order valence-corrected chi connectivity index (χ4v) is 4.20. The van der Waals surface area contributed by atoms with E-state index in [1.807, 2.05) is 0 Å². The number of aromatic nitrogens is 2. The number of carbonyl (C=O) groups is 2. The predicted octanol–water partition coefficient (Wildman–Crippen LogP) is 3.69. The number of nitrogens with zero attached hydrogens (tertiary/aromatic N) is 3. The Morgan fingerprint density at radius 1 is 1.27 bits per heavy atom.